The van der Waals surface area contributed by atoms with Crippen molar-refractivity contribution in [2.24, 2.45) is 0 Å². The summed E-state index contributed by atoms with van der Waals surface area (Å²) in [5, 5.41) is 6.28. The van der Waals surface area contributed by atoms with Crippen molar-refractivity contribution in [3.05, 3.63) is 35.9 Å². The van der Waals surface area contributed by atoms with E-state index in [0.29, 0.717) is 6.42 Å². The number of nitrogens with one attached hydrogen (secondary N) is 2. The Morgan fingerprint density at radius 2 is 1.90 bits per heavy atom. The smallest absolute Gasteiger partial charge is 0.224 e. The van der Waals surface area contributed by atoms with Gasteiger partial charge in [0.25, 0.3) is 0 Å². The van der Waals surface area contributed by atoms with Crippen LogP contribution in [0.25, 0.3) is 0 Å². The van der Waals surface area contributed by atoms with E-state index in [1.54, 1.807) is 5.57 Å². The Morgan fingerprint density at radius 1 is 1.15 bits per heavy atom. The van der Waals surface area contributed by atoms with Gasteiger partial charge in [-0.25, -0.2) is 0 Å². The number of benzene rings is 1. The van der Waals surface area contributed by atoms with Gasteiger partial charge in [-0.05, 0) is 56.4 Å². The molecule has 0 atom stereocenters. The summed E-state index contributed by atoms with van der Waals surface area (Å²) in [5.41, 5.74) is 3.56. The molecule has 0 bridgehead atoms. The second-order valence-corrected chi connectivity index (χ2v) is 5.26. The molecule has 0 heterocycles. The molecule has 0 saturated carbocycles. The fourth-order valence-corrected chi connectivity index (χ4v) is 2.42. The molecule has 0 unspecified atom stereocenters. The summed E-state index contributed by atoms with van der Waals surface area (Å²) in [5.74, 6) is 0.0509. The molecule has 1 amide bonds. The van der Waals surface area contributed by atoms with Crippen LogP contribution in [0.5, 0.6) is 0 Å². The Hall–Kier alpha value is -1.77. The zero-order valence-corrected chi connectivity index (χ0v) is 12.2. The minimum atomic E-state index is 0.0509. The number of hydrogen-bond donors (Lipinski definition) is 2. The van der Waals surface area contributed by atoms with E-state index >= 15 is 0 Å². The fourth-order valence-electron chi connectivity index (χ4n) is 2.42. The molecule has 1 aliphatic rings. The molecule has 3 heteroatoms. The lowest BCUT2D eigenvalue weighted by Crippen LogP contribution is -2.09. The monoisotopic (exact) mass is 272 g/mol. The van der Waals surface area contributed by atoms with Crippen LogP contribution in [0.1, 0.15) is 45.4 Å². The van der Waals surface area contributed by atoms with E-state index < -0.39 is 0 Å². The third-order valence-electron chi connectivity index (χ3n) is 3.65. The largest absolute Gasteiger partial charge is 0.385 e. The molecule has 0 saturated heterocycles. The van der Waals surface area contributed by atoms with E-state index in [4.69, 9.17) is 0 Å². The summed E-state index contributed by atoms with van der Waals surface area (Å²) in [7, 11) is 0. The highest BCUT2D eigenvalue weighted by Crippen LogP contribution is 2.20. The molecule has 0 aliphatic heterocycles. The third-order valence-corrected chi connectivity index (χ3v) is 3.65. The van der Waals surface area contributed by atoms with Crippen molar-refractivity contribution >= 4 is 17.3 Å². The maximum absolute atomic E-state index is 11.3. The molecule has 1 aromatic rings. The second kappa shape index (κ2) is 7.73. The highest BCUT2D eigenvalue weighted by atomic mass is 16.1. The first-order valence-electron chi connectivity index (χ1n) is 7.59. The van der Waals surface area contributed by atoms with Gasteiger partial charge in [0.05, 0.1) is 0 Å². The normalized spacial score (nSPS) is 14.6. The Kier molecular flexibility index (Phi) is 5.66. The number of allylic oxidation sites excluding steroid dienone is 1. The van der Waals surface area contributed by atoms with Gasteiger partial charge in [-0.15, -0.1) is 0 Å². The molecule has 0 aromatic heterocycles. The Balaban J connectivity index is 1.75. The number of anilines is 2. The maximum Gasteiger partial charge on any atom is 0.224 e. The first-order chi connectivity index (χ1) is 9.78. The lowest BCUT2D eigenvalue weighted by molar-refractivity contribution is -0.115. The zero-order chi connectivity index (χ0) is 14.2. The van der Waals surface area contributed by atoms with Crippen molar-refractivity contribution in [2.75, 3.05) is 17.2 Å². The topological polar surface area (TPSA) is 41.1 Å². The van der Waals surface area contributed by atoms with Gasteiger partial charge in [-0.1, -0.05) is 18.6 Å². The van der Waals surface area contributed by atoms with Crippen LogP contribution in [0.15, 0.2) is 35.9 Å². The van der Waals surface area contributed by atoms with Crippen molar-refractivity contribution in [3.63, 3.8) is 0 Å². The van der Waals surface area contributed by atoms with Gasteiger partial charge in [0.2, 0.25) is 5.91 Å². The number of hydrogen-bond acceptors (Lipinski definition) is 2. The molecular weight excluding hydrogens is 248 g/mol. The Labute approximate surface area is 121 Å². The molecule has 0 radical (unpaired) electrons. The SMILES string of the molecule is CCC(=O)Nc1ccc(NCCC2=CCCCC2)cc1. The number of amides is 1. The van der Waals surface area contributed by atoms with Crippen LogP contribution in [0.4, 0.5) is 11.4 Å². The summed E-state index contributed by atoms with van der Waals surface area (Å²) in [6, 6.07) is 7.91. The van der Waals surface area contributed by atoms with Gasteiger partial charge in [0.15, 0.2) is 0 Å². The van der Waals surface area contributed by atoms with Gasteiger partial charge >= 0.3 is 0 Å². The van der Waals surface area contributed by atoms with Crippen LogP contribution in [0.2, 0.25) is 0 Å². The third kappa shape index (κ3) is 4.72. The summed E-state index contributed by atoms with van der Waals surface area (Å²) >= 11 is 0. The van der Waals surface area contributed by atoms with E-state index in [1.807, 2.05) is 31.2 Å². The second-order valence-electron chi connectivity index (χ2n) is 5.26. The van der Waals surface area contributed by atoms with E-state index in [2.05, 4.69) is 16.7 Å². The van der Waals surface area contributed by atoms with E-state index in [9.17, 15) is 4.79 Å². The molecule has 1 aliphatic carbocycles. The average Bonchev–Trinajstić information content (AvgIpc) is 2.50. The van der Waals surface area contributed by atoms with Gasteiger partial charge in [-0.2, -0.15) is 0 Å². The Bertz CT molecular complexity index is 462. The van der Waals surface area contributed by atoms with Crippen molar-refractivity contribution in [3.8, 4) is 0 Å². The lowest BCUT2D eigenvalue weighted by atomic mass is 9.97. The van der Waals surface area contributed by atoms with Crippen molar-refractivity contribution < 1.29 is 4.79 Å². The van der Waals surface area contributed by atoms with Crippen LogP contribution < -0.4 is 10.6 Å². The molecule has 0 spiro atoms. The van der Waals surface area contributed by atoms with Crippen LogP contribution >= 0.6 is 0 Å². The average molecular weight is 272 g/mol. The van der Waals surface area contributed by atoms with Crippen molar-refractivity contribution in [1.29, 1.82) is 0 Å². The molecule has 2 N–H and O–H groups in total. The van der Waals surface area contributed by atoms with Crippen LogP contribution in [0, 0.1) is 0 Å². The molecule has 108 valence electrons. The van der Waals surface area contributed by atoms with E-state index in [-0.39, 0.29) is 5.91 Å². The predicted octanol–water partition coefficient (Wildman–Crippen LogP) is 4.34. The highest BCUT2D eigenvalue weighted by Gasteiger charge is 2.03. The highest BCUT2D eigenvalue weighted by molar-refractivity contribution is 5.90. The van der Waals surface area contributed by atoms with Crippen LogP contribution in [0.3, 0.4) is 0 Å². The quantitative estimate of drug-likeness (QED) is 0.756. The molecule has 2 rings (SSSR count). The zero-order valence-electron chi connectivity index (χ0n) is 12.2. The van der Waals surface area contributed by atoms with Crippen LogP contribution in [-0.2, 0) is 4.79 Å². The van der Waals surface area contributed by atoms with E-state index in [0.717, 1.165) is 24.3 Å². The van der Waals surface area contributed by atoms with Gasteiger partial charge < -0.3 is 10.6 Å². The summed E-state index contributed by atoms with van der Waals surface area (Å²) < 4.78 is 0. The number of rotatable bonds is 6. The molecule has 1 aromatic carbocycles. The van der Waals surface area contributed by atoms with Gasteiger partial charge in [0, 0.05) is 24.3 Å². The maximum atomic E-state index is 11.3. The van der Waals surface area contributed by atoms with Gasteiger partial charge in [-0.3, -0.25) is 4.79 Å². The molecule has 20 heavy (non-hydrogen) atoms. The predicted molar refractivity (Wildman–Crippen MR) is 85.0 cm³/mol. The minimum Gasteiger partial charge on any atom is -0.385 e. The standard InChI is InChI=1S/C17H24N2O/c1-2-17(20)19-16-10-8-15(9-11-16)18-13-12-14-6-4-3-5-7-14/h6,8-11,18H,2-5,7,12-13H2,1H3,(H,19,20). The van der Waals surface area contributed by atoms with E-state index in [1.165, 1.54) is 25.7 Å². The molecule has 0 fully saturated rings. The summed E-state index contributed by atoms with van der Waals surface area (Å²) in [4.78, 5) is 11.3. The first-order valence-corrected chi connectivity index (χ1v) is 7.59. The minimum absolute atomic E-state index is 0.0509. The van der Waals surface area contributed by atoms with Gasteiger partial charge in [0.1, 0.15) is 0 Å². The fraction of sp³-hybridized carbons (Fsp3) is 0.471. The summed E-state index contributed by atoms with van der Waals surface area (Å²) in [6.07, 6.45) is 9.25. The van der Waals surface area contributed by atoms with Crippen LogP contribution in [-0.4, -0.2) is 12.5 Å². The molecule has 3 nitrogen and oxygen atoms in total. The first kappa shape index (κ1) is 14.6. The Morgan fingerprint density at radius 3 is 2.55 bits per heavy atom. The number of carbonyl (C=O) groups is 1. The van der Waals surface area contributed by atoms with Crippen molar-refractivity contribution in [2.45, 2.75) is 45.4 Å². The molecular formula is C17H24N2O. The van der Waals surface area contributed by atoms with Crippen molar-refractivity contribution in [1.82, 2.24) is 0 Å². The lowest BCUT2D eigenvalue weighted by Gasteiger charge is -2.13. The summed E-state index contributed by atoms with van der Waals surface area (Å²) in [6.45, 7) is 2.83. The number of carbonyl (C=O) groups excluding carboxylic acids is 1.